The van der Waals surface area contributed by atoms with E-state index in [1.807, 2.05) is 0 Å². The van der Waals surface area contributed by atoms with Gasteiger partial charge >= 0.3 is 0 Å². The summed E-state index contributed by atoms with van der Waals surface area (Å²) in [6, 6.07) is 6.38. The zero-order valence-corrected chi connectivity index (χ0v) is 9.64. The molecule has 1 aromatic rings. The summed E-state index contributed by atoms with van der Waals surface area (Å²) >= 11 is 0. The second-order valence-electron chi connectivity index (χ2n) is 3.87. The van der Waals surface area contributed by atoms with Crippen LogP contribution in [0.4, 0.5) is 0 Å². The third-order valence-electron chi connectivity index (χ3n) is 2.36. The molecular weight excluding hydrogens is 182 g/mol. The van der Waals surface area contributed by atoms with Crippen LogP contribution in [0, 0.1) is 25.7 Å². The van der Waals surface area contributed by atoms with Gasteiger partial charge in [-0.2, -0.15) is 0 Å². The predicted octanol–water partition coefficient (Wildman–Crippen LogP) is 2.78. The maximum atomic E-state index is 5.41. The van der Waals surface area contributed by atoms with Crippen molar-refractivity contribution in [3.8, 4) is 11.8 Å². The smallest absolute Gasteiger partial charge is 0.0274 e. The van der Waals surface area contributed by atoms with Gasteiger partial charge in [0.15, 0.2) is 0 Å². The molecule has 0 aromatic heterocycles. The summed E-state index contributed by atoms with van der Waals surface area (Å²) in [5.41, 5.74) is 9.12. The lowest BCUT2D eigenvalue weighted by Gasteiger charge is -1.98. The minimum absolute atomic E-state index is 0.769. The Balaban J connectivity index is 2.56. The number of aryl methyl sites for hydroxylation is 2. The highest BCUT2D eigenvalue weighted by atomic mass is 14.5. The fourth-order valence-corrected chi connectivity index (χ4v) is 1.47. The van der Waals surface area contributed by atoms with E-state index in [0.717, 1.165) is 31.4 Å². The van der Waals surface area contributed by atoms with Crippen LogP contribution >= 0.6 is 0 Å². The standard InChI is InChI=1S/C14H19N/c1-12-8-9-14(13(2)11-12)7-5-3-4-6-10-15/h8-9,11H,3-4,6,10,15H2,1-2H3. The Morgan fingerprint density at radius 3 is 2.67 bits per heavy atom. The van der Waals surface area contributed by atoms with Gasteiger partial charge in [-0.1, -0.05) is 29.5 Å². The summed E-state index contributed by atoms with van der Waals surface area (Å²) in [5.74, 6) is 6.40. The van der Waals surface area contributed by atoms with Crippen molar-refractivity contribution in [3.63, 3.8) is 0 Å². The molecule has 0 heterocycles. The third-order valence-corrected chi connectivity index (χ3v) is 2.36. The molecule has 0 spiro atoms. The number of rotatable bonds is 3. The second-order valence-corrected chi connectivity index (χ2v) is 3.87. The summed E-state index contributed by atoms with van der Waals surface area (Å²) in [4.78, 5) is 0. The third kappa shape index (κ3) is 4.18. The average Bonchev–Trinajstić information content (AvgIpc) is 2.20. The number of unbranched alkanes of at least 4 members (excludes halogenated alkanes) is 2. The Morgan fingerprint density at radius 1 is 1.20 bits per heavy atom. The van der Waals surface area contributed by atoms with Crippen LogP contribution in [0.1, 0.15) is 36.0 Å². The quantitative estimate of drug-likeness (QED) is 0.590. The van der Waals surface area contributed by atoms with E-state index in [9.17, 15) is 0 Å². The van der Waals surface area contributed by atoms with Crippen LogP contribution in [0.5, 0.6) is 0 Å². The first-order chi connectivity index (χ1) is 7.24. The number of benzene rings is 1. The highest BCUT2D eigenvalue weighted by Gasteiger charge is 1.93. The normalized spacial score (nSPS) is 9.53. The van der Waals surface area contributed by atoms with E-state index in [1.165, 1.54) is 11.1 Å². The zero-order valence-electron chi connectivity index (χ0n) is 9.64. The Bertz CT molecular complexity index is 369. The van der Waals surface area contributed by atoms with Gasteiger partial charge in [0.2, 0.25) is 0 Å². The van der Waals surface area contributed by atoms with Crippen LogP contribution in [0.25, 0.3) is 0 Å². The molecule has 2 N–H and O–H groups in total. The van der Waals surface area contributed by atoms with Gasteiger partial charge in [-0.15, -0.1) is 0 Å². The first-order valence-electron chi connectivity index (χ1n) is 5.50. The molecule has 0 bridgehead atoms. The number of nitrogens with two attached hydrogens (primary N) is 1. The van der Waals surface area contributed by atoms with Crippen molar-refractivity contribution < 1.29 is 0 Å². The summed E-state index contributed by atoms with van der Waals surface area (Å²) < 4.78 is 0. The van der Waals surface area contributed by atoms with Crippen LogP contribution in [-0.2, 0) is 0 Å². The van der Waals surface area contributed by atoms with E-state index in [1.54, 1.807) is 0 Å². The molecule has 15 heavy (non-hydrogen) atoms. The molecule has 0 amide bonds. The van der Waals surface area contributed by atoms with Crippen LogP contribution in [0.2, 0.25) is 0 Å². The van der Waals surface area contributed by atoms with Crippen molar-refractivity contribution in [2.45, 2.75) is 33.1 Å². The lowest BCUT2D eigenvalue weighted by Crippen LogP contribution is -1.96. The average molecular weight is 201 g/mol. The summed E-state index contributed by atoms with van der Waals surface area (Å²) in [6.45, 7) is 4.98. The van der Waals surface area contributed by atoms with Crippen molar-refractivity contribution in [1.29, 1.82) is 0 Å². The van der Waals surface area contributed by atoms with Crippen LogP contribution in [0.15, 0.2) is 18.2 Å². The summed E-state index contributed by atoms with van der Waals surface area (Å²) in [7, 11) is 0. The topological polar surface area (TPSA) is 26.0 Å². The highest BCUT2D eigenvalue weighted by Crippen LogP contribution is 2.08. The molecular formula is C14H19N. The van der Waals surface area contributed by atoms with Crippen LogP contribution in [-0.4, -0.2) is 6.54 Å². The maximum Gasteiger partial charge on any atom is 0.0274 e. The molecule has 0 saturated heterocycles. The van der Waals surface area contributed by atoms with Crippen LogP contribution in [0.3, 0.4) is 0 Å². The molecule has 1 rings (SSSR count). The monoisotopic (exact) mass is 201 g/mol. The molecule has 0 radical (unpaired) electrons. The van der Waals surface area contributed by atoms with E-state index in [4.69, 9.17) is 5.73 Å². The van der Waals surface area contributed by atoms with E-state index >= 15 is 0 Å². The molecule has 1 heteroatoms. The van der Waals surface area contributed by atoms with Crippen molar-refractivity contribution in [3.05, 3.63) is 34.9 Å². The highest BCUT2D eigenvalue weighted by molar-refractivity contribution is 5.42. The minimum atomic E-state index is 0.769. The van der Waals surface area contributed by atoms with Gasteiger partial charge < -0.3 is 5.73 Å². The Labute approximate surface area is 92.7 Å². The van der Waals surface area contributed by atoms with Gasteiger partial charge in [0.25, 0.3) is 0 Å². The molecule has 80 valence electrons. The molecule has 0 saturated carbocycles. The molecule has 0 atom stereocenters. The van der Waals surface area contributed by atoms with E-state index in [0.29, 0.717) is 0 Å². The fourth-order valence-electron chi connectivity index (χ4n) is 1.47. The first kappa shape index (κ1) is 11.8. The molecule has 0 aliphatic carbocycles. The number of hydrogen-bond donors (Lipinski definition) is 1. The SMILES string of the molecule is Cc1ccc(C#CCCCCN)c(C)c1. The van der Waals surface area contributed by atoms with E-state index in [2.05, 4.69) is 43.9 Å². The molecule has 0 aliphatic heterocycles. The van der Waals surface area contributed by atoms with Crippen LogP contribution < -0.4 is 5.73 Å². The predicted molar refractivity (Wildman–Crippen MR) is 65.7 cm³/mol. The van der Waals surface area contributed by atoms with Gasteiger partial charge in [-0.05, 0) is 44.9 Å². The summed E-state index contributed by atoms with van der Waals surface area (Å²) in [5, 5.41) is 0. The Hall–Kier alpha value is -1.26. The summed E-state index contributed by atoms with van der Waals surface area (Å²) in [6.07, 6.45) is 3.13. The van der Waals surface area contributed by atoms with Gasteiger partial charge in [-0.3, -0.25) is 0 Å². The van der Waals surface area contributed by atoms with Crippen molar-refractivity contribution >= 4 is 0 Å². The van der Waals surface area contributed by atoms with E-state index in [-0.39, 0.29) is 0 Å². The Morgan fingerprint density at radius 2 is 2.00 bits per heavy atom. The second kappa shape index (κ2) is 6.27. The molecule has 1 nitrogen and oxygen atoms in total. The minimum Gasteiger partial charge on any atom is -0.330 e. The maximum absolute atomic E-state index is 5.41. The van der Waals surface area contributed by atoms with Gasteiger partial charge in [0.05, 0.1) is 0 Å². The van der Waals surface area contributed by atoms with Crippen molar-refractivity contribution in [1.82, 2.24) is 0 Å². The van der Waals surface area contributed by atoms with Gasteiger partial charge in [0, 0.05) is 12.0 Å². The van der Waals surface area contributed by atoms with Crippen molar-refractivity contribution in [2.75, 3.05) is 6.54 Å². The first-order valence-corrected chi connectivity index (χ1v) is 5.50. The fraction of sp³-hybridized carbons (Fsp3) is 0.429. The van der Waals surface area contributed by atoms with E-state index < -0.39 is 0 Å². The van der Waals surface area contributed by atoms with Crippen molar-refractivity contribution in [2.24, 2.45) is 5.73 Å². The van der Waals surface area contributed by atoms with Gasteiger partial charge in [0.1, 0.15) is 0 Å². The Kier molecular flexibility index (Phi) is 4.93. The molecule has 0 fully saturated rings. The lowest BCUT2D eigenvalue weighted by molar-refractivity contribution is 0.768. The number of hydrogen-bond acceptors (Lipinski definition) is 1. The molecule has 1 aromatic carbocycles. The largest absolute Gasteiger partial charge is 0.330 e. The lowest BCUT2D eigenvalue weighted by atomic mass is 10.1. The zero-order chi connectivity index (χ0) is 11.1. The molecule has 0 unspecified atom stereocenters. The van der Waals surface area contributed by atoms with Gasteiger partial charge in [-0.25, -0.2) is 0 Å². The molecule has 0 aliphatic rings.